The molecule has 1 aliphatic rings. The number of hydrogen-bond acceptors (Lipinski definition) is 10. The second-order valence-corrected chi connectivity index (χ2v) is 11.4. The molecular weight excluding hydrogens is 571 g/mol. The van der Waals surface area contributed by atoms with Crippen molar-refractivity contribution in [1.29, 1.82) is 0 Å². The maximum absolute atomic E-state index is 14.9. The van der Waals surface area contributed by atoms with Gasteiger partial charge in [-0.2, -0.15) is 9.61 Å². The number of anilines is 2. The molecule has 1 fully saturated rings. The van der Waals surface area contributed by atoms with Gasteiger partial charge in [0.25, 0.3) is 0 Å². The molecule has 0 unspecified atom stereocenters. The van der Waals surface area contributed by atoms with Crippen molar-refractivity contribution in [3.05, 3.63) is 59.4 Å². The van der Waals surface area contributed by atoms with Gasteiger partial charge in [0.1, 0.15) is 11.5 Å². The molecule has 1 aliphatic heterocycles. The summed E-state index contributed by atoms with van der Waals surface area (Å²) in [5.74, 6) is 3.11. The molecule has 226 valence electrons. The highest BCUT2D eigenvalue weighted by Crippen LogP contribution is 2.33. The van der Waals surface area contributed by atoms with Crippen molar-refractivity contribution < 1.29 is 18.6 Å². The standard InChI is InChI=1S/C30H35FN8O3S/c1-18-25(16-38(35-18)17-43-5)37-10-6-7-20(15-37)28-34-29-22-12-23(31)27(42-4)13-24(22)33-30(39(29)36-28)32-14-19-8-9-21(40-2)11-26(19)41-3/h8-9,11-13,16,20H,6-7,10,14-15,17H2,1-5H3,(H,32,33)/t20-/m1/s1. The van der Waals surface area contributed by atoms with Gasteiger partial charge in [0, 0.05) is 54.8 Å². The van der Waals surface area contributed by atoms with Crippen LogP contribution in [0, 0.1) is 12.7 Å². The molecule has 3 aromatic heterocycles. The zero-order valence-electron chi connectivity index (χ0n) is 24.9. The topological polar surface area (TPSA) is 104 Å². The van der Waals surface area contributed by atoms with Gasteiger partial charge in [-0.05, 0) is 44.2 Å². The van der Waals surface area contributed by atoms with Crippen molar-refractivity contribution in [3.8, 4) is 17.2 Å². The zero-order valence-corrected chi connectivity index (χ0v) is 25.7. The van der Waals surface area contributed by atoms with Gasteiger partial charge in [0.05, 0.1) is 44.1 Å². The maximum atomic E-state index is 14.9. The molecule has 1 saturated heterocycles. The second kappa shape index (κ2) is 12.2. The van der Waals surface area contributed by atoms with Crippen molar-refractivity contribution in [2.75, 3.05) is 50.9 Å². The summed E-state index contributed by atoms with van der Waals surface area (Å²) in [6.07, 6.45) is 6.14. The van der Waals surface area contributed by atoms with Crippen LogP contribution in [0.25, 0.3) is 16.6 Å². The normalized spacial score (nSPS) is 15.3. The Kier molecular flexibility index (Phi) is 8.15. The first-order valence-corrected chi connectivity index (χ1v) is 15.5. The lowest BCUT2D eigenvalue weighted by molar-refractivity contribution is 0.387. The number of halogens is 1. The Labute approximate surface area is 253 Å². The van der Waals surface area contributed by atoms with E-state index in [0.29, 0.717) is 46.4 Å². The average molecular weight is 607 g/mol. The Bertz CT molecular complexity index is 1770. The number of piperidine rings is 1. The Hall–Kier alpha value is -4.26. The van der Waals surface area contributed by atoms with Gasteiger partial charge in [0.2, 0.25) is 5.95 Å². The van der Waals surface area contributed by atoms with Crippen LogP contribution in [-0.2, 0) is 12.4 Å². The van der Waals surface area contributed by atoms with Crippen molar-refractivity contribution >= 4 is 39.9 Å². The third-order valence-corrected chi connectivity index (χ3v) is 8.32. The Morgan fingerprint density at radius 2 is 1.88 bits per heavy atom. The Balaban J connectivity index is 1.37. The number of hydrogen-bond donors (Lipinski definition) is 1. The van der Waals surface area contributed by atoms with Gasteiger partial charge in [-0.1, -0.05) is 0 Å². The van der Waals surface area contributed by atoms with Crippen LogP contribution in [0.5, 0.6) is 17.2 Å². The summed E-state index contributed by atoms with van der Waals surface area (Å²) in [6, 6.07) is 8.67. The number of methoxy groups -OCH3 is 3. The molecule has 2 aromatic carbocycles. The minimum absolute atomic E-state index is 0.0876. The number of aromatic nitrogens is 6. The summed E-state index contributed by atoms with van der Waals surface area (Å²) in [5.41, 5.74) is 4.15. The van der Waals surface area contributed by atoms with Gasteiger partial charge in [-0.3, -0.25) is 4.68 Å². The molecule has 0 bridgehead atoms. The third-order valence-electron chi connectivity index (χ3n) is 7.80. The molecule has 1 N–H and O–H groups in total. The smallest absolute Gasteiger partial charge is 0.226 e. The van der Waals surface area contributed by atoms with Crippen molar-refractivity contribution in [1.82, 2.24) is 29.4 Å². The van der Waals surface area contributed by atoms with Crippen LogP contribution < -0.4 is 24.4 Å². The molecule has 0 amide bonds. The van der Waals surface area contributed by atoms with Crippen LogP contribution in [0.2, 0.25) is 0 Å². The predicted molar refractivity (Wildman–Crippen MR) is 166 cm³/mol. The van der Waals surface area contributed by atoms with Crippen molar-refractivity contribution in [2.45, 2.75) is 38.1 Å². The molecular formula is C30H35FN8O3S. The first-order valence-electron chi connectivity index (χ1n) is 14.1. The van der Waals surface area contributed by atoms with Gasteiger partial charge < -0.3 is 24.4 Å². The van der Waals surface area contributed by atoms with Crippen molar-refractivity contribution in [3.63, 3.8) is 0 Å². The molecule has 0 saturated carbocycles. The Morgan fingerprint density at radius 1 is 1.05 bits per heavy atom. The summed E-state index contributed by atoms with van der Waals surface area (Å²) in [7, 11) is 4.68. The second-order valence-electron chi connectivity index (χ2n) is 10.5. The highest BCUT2D eigenvalue weighted by atomic mass is 32.2. The van der Waals surface area contributed by atoms with E-state index in [0.717, 1.165) is 48.8 Å². The monoisotopic (exact) mass is 606 g/mol. The van der Waals surface area contributed by atoms with Crippen LogP contribution in [0.4, 0.5) is 16.0 Å². The van der Waals surface area contributed by atoms with E-state index in [1.165, 1.54) is 13.2 Å². The van der Waals surface area contributed by atoms with E-state index in [1.54, 1.807) is 36.6 Å². The average Bonchev–Trinajstić information content (AvgIpc) is 3.64. The predicted octanol–water partition coefficient (Wildman–Crippen LogP) is 5.26. The minimum Gasteiger partial charge on any atom is -0.497 e. The quantitative estimate of drug-likeness (QED) is 0.226. The molecule has 0 aliphatic carbocycles. The van der Waals surface area contributed by atoms with E-state index >= 15 is 0 Å². The highest BCUT2D eigenvalue weighted by Gasteiger charge is 2.28. The molecule has 11 nitrogen and oxygen atoms in total. The summed E-state index contributed by atoms with van der Waals surface area (Å²) in [6.45, 7) is 4.17. The number of fused-ring (bicyclic) bond motifs is 3. The first kappa shape index (κ1) is 28.8. The fourth-order valence-electron chi connectivity index (χ4n) is 5.66. The minimum atomic E-state index is -0.478. The molecule has 4 heterocycles. The number of nitrogens with zero attached hydrogens (tertiary/aromatic N) is 7. The molecule has 13 heteroatoms. The fourth-order valence-corrected chi connectivity index (χ4v) is 6.06. The SMILES string of the molecule is COc1ccc(CNc2nc3cc(OC)c(F)cc3c3nc([C@@H]4CCCN(c5cn(CSC)nc5C)C4)nn23)c(OC)c1. The molecule has 5 aromatic rings. The van der Waals surface area contributed by atoms with Crippen molar-refractivity contribution in [2.24, 2.45) is 0 Å². The number of thioether (sulfide) groups is 1. The van der Waals surface area contributed by atoms with Crippen LogP contribution in [0.15, 0.2) is 36.5 Å². The lowest BCUT2D eigenvalue weighted by Gasteiger charge is -2.32. The number of benzene rings is 2. The number of aryl methyl sites for hydroxylation is 1. The fraction of sp³-hybridized carbons (Fsp3) is 0.400. The first-order chi connectivity index (χ1) is 20.9. The molecule has 43 heavy (non-hydrogen) atoms. The largest absolute Gasteiger partial charge is 0.497 e. The Morgan fingerprint density at radius 3 is 2.65 bits per heavy atom. The van der Waals surface area contributed by atoms with Crippen LogP contribution in [-0.4, -0.2) is 70.0 Å². The van der Waals surface area contributed by atoms with Gasteiger partial charge in [-0.15, -0.1) is 16.9 Å². The summed E-state index contributed by atoms with van der Waals surface area (Å²) >= 11 is 1.73. The zero-order chi connectivity index (χ0) is 30.1. The van der Waals surface area contributed by atoms with E-state index < -0.39 is 5.82 Å². The van der Waals surface area contributed by atoms with Crippen LogP contribution in [0.3, 0.4) is 0 Å². The van der Waals surface area contributed by atoms with Crippen LogP contribution in [0.1, 0.15) is 35.8 Å². The van der Waals surface area contributed by atoms with Gasteiger partial charge in [0.15, 0.2) is 23.0 Å². The number of rotatable bonds is 10. The van der Waals surface area contributed by atoms with Gasteiger partial charge in [-0.25, -0.2) is 14.4 Å². The maximum Gasteiger partial charge on any atom is 0.226 e. The lowest BCUT2D eigenvalue weighted by atomic mass is 9.97. The van der Waals surface area contributed by atoms with E-state index in [4.69, 9.17) is 29.3 Å². The molecule has 1 atom stereocenters. The lowest BCUT2D eigenvalue weighted by Crippen LogP contribution is -2.35. The summed E-state index contributed by atoms with van der Waals surface area (Å²) in [4.78, 5) is 12.2. The summed E-state index contributed by atoms with van der Waals surface area (Å²) in [5, 5.41) is 13.6. The highest BCUT2D eigenvalue weighted by molar-refractivity contribution is 7.97. The van der Waals surface area contributed by atoms with E-state index in [-0.39, 0.29) is 11.7 Å². The van der Waals surface area contributed by atoms with E-state index in [9.17, 15) is 4.39 Å². The number of ether oxygens (including phenoxy) is 3. The van der Waals surface area contributed by atoms with Gasteiger partial charge >= 0.3 is 0 Å². The summed E-state index contributed by atoms with van der Waals surface area (Å²) < 4.78 is 34.7. The third kappa shape index (κ3) is 5.61. The molecule has 0 spiro atoms. The van der Waals surface area contributed by atoms with E-state index in [1.807, 2.05) is 22.9 Å². The van der Waals surface area contributed by atoms with E-state index in [2.05, 4.69) is 34.7 Å². The molecule has 6 rings (SSSR count). The molecule has 0 radical (unpaired) electrons. The van der Waals surface area contributed by atoms with Crippen LogP contribution >= 0.6 is 11.8 Å². The number of nitrogens with one attached hydrogen (secondary N) is 1.